The number of aldehydes is 1. The summed E-state index contributed by atoms with van der Waals surface area (Å²) in [5, 5.41) is 6.54. The molecule has 0 unspecified atom stereocenters. The number of thiazole rings is 2. The van der Waals surface area contributed by atoms with Crippen LogP contribution in [-0.2, 0) is 4.79 Å². The van der Waals surface area contributed by atoms with Crippen LogP contribution in [0.1, 0.15) is 53.4 Å². The van der Waals surface area contributed by atoms with Crippen LogP contribution in [0, 0.1) is 0 Å². The van der Waals surface area contributed by atoms with Crippen LogP contribution in [0.4, 0.5) is 0 Å². The molecule has 116 valence electrons. The molecule has 0 aliphatic heterocycles. The highest BCUT2D eigenvalue weighted by Gasteiger charge is 2.32. The van der Waals surface area contributed by atoms with E-state index in [0.29, 0.717) is 24.6 Å². The van der Waals surface area contributed by atoms with Crippen LogP contribution in [0.2, 0.25) is 0 Å². The molecule has 1 aliphatic rings. The van der Waals surface area contributed by atoms with Crippen molar-refractivity contribution in [2.75, 3.05) is 6.54 Å². The molecule has 3 rings (SSSR count). The normalized spacial score (nSPS) is 14.0. The van der Waals surface area contributed by atoms with Crippen molar-refractivity contribution in [3.63, 3.8) is 0 Å². The van der Waals surface area contributed by atoms with Crippen LogP contribution in [0.3, 0.4) is 0 Å². The highest BCUT2D eigenvalue weighted by atomic mass is 32.1. The summed E-state index contributed by atoms with van der Waals surface area (Å²) in [7, 11) is 0. The zero-order valence-corrected chi connectivity index (χ0v) is 13.7. The quantitative estimate of drug-likeness (QED) is 0.594. The third-order valence-electron chi connectivity index (χ3n) is 3.47. The molecule has 0 bridgehead atoms. The fourth-order valence-corrected chi connectivity index (χ4v) is 4.09. The molecule has 2 aromatic heterocycles. The van der Waals surface area contributed by atoms with Crippen LogP contribution in [0.25, 0.3) is 10.0 Å². The molecule has 5 nitrogen and oxygen atoms in total. The first-order valence-corrected chi connectivity index (χ1v) is 9.11. The van der Waals surface area contributed by atoms with E-state index in [2.05, 4.69) is 15.3 Å². The van der Waals surface area contributed by atoms with Crippen LogP contribution in [-0.4, -0.2) is 28.7 Å². The standard InChI is InChI=1S/C15H17N3O2S2/c19-8-3-1-2-6-16-13(20)11-12(10-4-5-10)22-15(18-11)14-17-7-9-21-14/h7-10H,1-6H2,(H,16,20). The molecular weight excluding hydrogens is 318 g/mol. The molecule has 0 radical (unpaired) electrons. The van der Waals surface area contributed by atoms with Gasteiger partial charge in [-0.3, -0.25) is 4.79 Å². The summed E-state index contributed by atoms with van der Waals surface area (Å²) in [6.45, 7) is 0.584. The first-order valence-electron chi connectivity index (χ1n) is 7.42. The summed E-state index contributed by atoms with van der Waals surface area (Å²) in [5.74, 6) is 0.383. The molecule has 2 heterocycles. The summed E-state index contributed by atoms with van der Waals surface area (Å²) >= 11 is 3.13. The summed E-state index contributed by atoms with van der Waals surface area (Å²) in [5.41, 5.74) is 0.563. The van der Waals surface area contributed by atoms with Gasteiger partial charge in [0, 0.05) is 29.4 Å². The zero-order chi connectivity index (χ0) is 15.4. The third-order valence-corrected chi connectivity index (χ3v) is 5.60. The summed E-state index contributed by atoms with van der Waals surface area (Å²) in [6, 6.07) is 0. The van der Waals surface area contributed by atoms with E-state index < -0.39 is 0 Å². The fraction of sp³-hybridized carbons (Fsp3) is 0.467. The third kappa shape index (κ3) is 3.59. The number of carbonyl (C=O) groups excluding carboxylic acids is 2. The molecule has 2 aromatic rings. The molecule has 1 N–H and O–H groups in total. The van der Waals surface area contributed by atoms with E-state index in [9.17, 15) is 9.59 Å². The molecule has 0 saturated heterocycles. The Balaban J connectivity index is 1.69. The molecular formula is C15H17N3O2S2. The van der Waals surface area contributed by atoms with Gasteiger partial charge in [-0.25, -0.2) is 9.97 Å². The number of rotatable bonds is 8. The molecule has 0 atom stereocenters. The number of hydrogen-bond acceptors (Lipinski definition) is 6. The summed E-state index contributed by atoms with van der Waals surface area (Å²) < 4.78 is 0. The van der Waals surface area contributed by atoms with Gasteiger partial charge in [0.15, 0.2) is 10.0 Å². The number of carbonyl (C=O) groups is 2. The predicted molar refractivity (Wildman–Crippen MR) is 87.4 cm³/mol. The Bertz CT molecular complexity index is 648. The Morgan fingerprint density at radius 1 is 1.36 bits per heavy atom. The molecule has 22 heavy (non-hydrogen) atoms. The van der Waals surface area contributed by atoms with E-state index in [1.54, 1.807) is 28.9 Å². The fourth-order valence-electron chi connectivity index (χ4n) is 2.18. The molecule has 1 amide bonds. The smallest absolute Gasteiger partial charge is 0.271 e. The largest absolute Gasteiger partial charge is 0.351 e. The lowest BCUT2D eigenvalue weighted by molar-refractivity contribution is -0.107. The maximum atomic E-state index is 12.4. The molecule has 7 heteroatoms. The van der Waals surface area contributed by atoms with Gasteiger partial charge in [0.1, 0.15) is 12.0 Å². The minimum Gasteiger partial charge on any atom is -0.351 e. The molecule has 1 fully saturated rings. The van der Waals surface area contributed by atoms with Crippen molar-refractivity contribution in [2.24, 2.45) is 0 Å². The molecule has 1 aliphatic carbocycles. The van der Waals surface area contributed by atoms with E-state index in [0.717, 1.165) is 46.9 Å². The number of unbranched alkanes of at least 4 members (excludes halogenated alkanes) is 2. The number of amides is 1. The predicted octanol–water partition coefficient (Wildman–Crippen LogP) is 3.24. The van der Waals surface area contributed by atoms with Crippen LogP contribution >= 0.6 is 22.7 Å². The van der Waals surface area contributed by atoms with Gasteiger partial charge in [-0.15, -0.1) is 22.7 Å². The van der Waals surface area contributed by atoms with Crippen molar-refractivity contribution in [2.45, 2.75) is 38.0 Å². The Hall–Kier alpha value is -1.60. The van der Waals surface area contributed by atoms with Crippen molar-refractivity contribution in [1.82, 2.24) is 15.3 Å². The number of hydrogen-bond donors (Lipinski definition) is 1. The van der Waals surface area contributed by atoms with Crippen molar-refractivity contribution in [1.29, 1.82) is 0 Å². The second kappa shape index (κ2) is 7.11. The summed E-state index contributed by atoms with van der Waals surface area (Å²) in [6.07, 6.45) is 7.11. The molecule has 0 spiro atoms. The van der Waals surface area contributed by atoms with E-state index in [4.69, 9.17) is 0 Å². The highest BCUT2D eigenvalue weighted by Crippen LogP contribution is 2.46. The van der Waals surface area contributed by atoms with Gasteiger partial charge < -0.3 is 10.1 Å². The Kier molecular flexibility index (Phi) is 4.94. The summed E-state index contributed by atoms with van der Waals surface area (Å²) in [4.78, 5) is 32.5. The Labute approximate surface area is 136 Å². The zero-order valence-electron chi connectivity index (χ0n) is 12.1. The second-order valence-electron chi connectivity index (χ2n) is 5.26. The van der Waals surface area contributed by atoms with Crippen LogP contribution in [0.5, 0.6) is 0 Å². The second-order valence-corrected chi connectivity index (χ2v) is 7.19. The van der Waals surface area contributed by atoms with Crippen LogP contribution in [0.15, 0.2) is 11.6 Å². The monoisotopic (exact) mass is 335 g/mol. The highest BCUT2D eigenvalue weighted by molar-refractivity contribution is 7.20. The van der Waals surface area contributed by atoms with Gasteiger partial charge in [0.05, 0.1) is 0 Å². The number of aromatic nitrogens is 2. The first kappa shape index (κ1) is 15.3. The van der Waals surface area contributed by atoms with Gasteiger partial charge in [0.2, 0.25) is 0 Å². The minimum absolute atomic E-state index is 0.105. The number of nitrogens with one attached hydrogen (secondary N) is 1. The number of nitrogens with zero attached hydrogens (tertiary/aromatic N) is 2. The lowest BCUT2D eigenvalue weighted by Crippen LogP contribution is -2.25. The minimum atomic E-state index is -0.105. The first-order chi connectivity index (χ1) is 10.8. The van der Waals surface area contributed by atoms with Crippen molar-refractivity contribution in [3.05, 3.63) is 22.1 Å². The van der Waals surface area contributed by atoms with Crippen molar-refractivity contribution in [3.8, 4) is 10.0 Å². The molecule has 1 saturated carbocycles. The maximum Gasteiger partial charge on any atom is 0.271 e. The van der Waals surface area contributed by atoms with Gasteiger partial charge in [0.25, 0.3) is 5.91 Å². The van der Waals surface area contributed by atoms with Gasteiger partial charge in [-0.1, -0.05) is 0 Å². The molecule has 0 aromatic carbocycles. The maximum absolute atomic E-state index is 12.4. The average molecular weight is 335 g/mol. The van der Waals surface area contributed by atoms with Gasteiger partial charge >= 0.3 is 0 Å². The average Bonchev–Trinajstić information content (AvgIpc) is 3.04. The topological polar surface area (TPSA) is 72.0 Å². The Morgan fingerprint density at radius 2 is 2.23 bits per heavy atom. The van der Waals surface area contributed by atoms with Gasteiger partial charge in [-0.2, -0.15) is 0 Å². The van der Waals surface area contributed by atoms with E-state index in [-0.39, 0.29) is 5.91 Å². The van der Waals surface area contributed by atoms with E-state index >= 15 is 0 Å². The SMILES string of the molecule is O=CCCCCNC(=O)c1nc(-c2nccs2)sc1C1CC1. The lowest BCUT2D eigenvalue weighted by Gasteiger charge is -2.03. The Morgan fingerprint density at radius 3 is 2.91 bits per heavy atom. The van der Waals surface area contributed by atoms with Crippen LogP contribution < -0.4 is 5.32 Å². The van der Waals surface area contributed by atoms with Crippen molar-refractivity contribution >= 4 is 34.9 Å². The lowest BCUT2D eigenvalue weighted by atomic mass is 10.2. The van der Waals surface area contributed by atoms with E-state index in [1.165, 1.54) is 0 Å². The van der Waals surface area contributed by atoms with E-state index in [1.807, 2.05) is 5.38 Å². The van der Waals surface area contributed by atoms with Crippen molar-refractivity contribution < 1.29 is 9.59 Å². The van der Waals surface area contributed by atoms with Gasteiger partial charge in [-0.05, 0) is 31.6 Å².